The van der Waals surface area contributed by atoms with Gasteiger partial charge in [-0.25, -0.2) is 4.21 Å². The maximum atomic E-state index is 10.5. The van der Waals surface area contributed by atoms with Gasteiger partial charge in [0, 0.05) is 0 Å². The Bertz CT molecular complexity index is 204. The molecule has 0 saturated heterocycles. The van der Waals surface area contributed by atoms with Crippen LogP contribution in [0.15, 0.2) is 8.80 Å². The van der Waals surface area contributed by atoms with Crippen LogP contribution in [-0.4, -0.2) is 31.0 Å². The second kappa shape index (κ2) is 2.83. The molecule has 7 heteroatoms. The lowest BCUT2D eigenvalue weighted by molar-refractivity contribution is 0.412. The van der Waals surface area contributed by atoms with Crippen molar-refractivity contribution in [2.45, 2.75) is 0 Å². The molecule has 1 atom stereocenters. The lowest BCUT2D eigenvalue weighted by Crippen LogP contribution is -2.27. The number of nitrogens with zero attached hydrogens (tertiary/aromatic N) is 2. The minimum Gasteiger partial charge on any atom is -0.478 e. The van der Waals surface area contributed by atoms with Gasteiger partial charge in [0.15, 0.2) is 5.84 Å². The van der Waals surface area contributed by atoms with Crippen molar-refractivity contribution in [2.75, 3.05) is 7.11 Å². The molecule has 0 aromatic heterocycles. The summed E-state index contributed by atoms with van der Waals surface area (Å²) in [7, 11) is 6.38. The van der Waals surface area contributed by atoms with Crippen molar-refractivity contribution in [1.82, 2.24) is 5.23 Å². The van der Waals surface area contributed by atoms with Crippen molar-refractivity contribution in [2.24, 2.45) is 8.80 Å². The van der Waals surface area contributed by atoms with E-state index >= 15 is 0 Å². The first-order valence-electron chi connectivity index (χ1n) is 2.38. The van der Waals surface area contributed by atoms with E-state index in [2.05, 4.69) is 18.8 Å². The number of methoxy groups -OCH3 is 1. The molecule has 5 nitrogen and oxygen atoms in total. The Morgan fingerprint density at radius 3 is 2.80 bits per heavy atom. The fraction of sp³-hybridized carbons (Fsp3) is 0.333. The highest BCUT2D eigenvalue weighted by Gasteiger charge is 2.16. The van der Waals surface area contributed by atoms with Crippen molar-refractivity contribution in [3.05, 3.63) is 0 Å². The first-order valence-corrected chi connectivity index (χ1v) is 3.44. The molecular formula is C3H4BN3O2S. The SMILES string of the molecule is [B]NC1=NS(=O)N=C1OC. The molecule has 0 spiro atoms. The van der Waals surface area contributed by atoms with Gasteiger partial charge in [0.2, 0.25) is 7.98 Å². The Morgan fingerprint density at radius 2 is 2.40 bits per heavy atom. The van der Waals surface area contributed by atoms with Gasteiger partial charge in [-0.15, -0.1) is 8.80 Å². The van der Waals surface area contributed by atoms with Gasteiger partial charge in [-0.3, -0.25) is 0 Å². The topological polar surface area (TPSA) is 63.0 Å². The second-order valence-corrected chi connectivity index (χ2v) is 2.24. The molecule has 2 radical (unpaired) electrons. The predicted octanol–water partition coefficient (Wildman–Crippen LogP) is -1.30. The zero-order valence-corrected chi connectivity index (χ0v) is 6.01. The van der Waals surface area contributed by atoms with Gasteiger partial charge in [-0.1, -0.05) is 0 Å². The van der Waals surface area contributed by atoms with E-state index in [-0.39, 0.29) is 11.7 Å². The summed E-state index contributed by atoms with van der Waals surface area (Å²) in [5.41, 5.74) is 0. The average Bonchev–Trinajstić information content (AvgIpc) is 2.30. The van der Waals surface area contributed by atoms with E-state index in [4.69, 9.17) is 7.98 Å². The molecule has 1 aliphatic rings. The molecule has 0 amide bonds. The summed E-state index contributed by atoms with van der Waals surface area (Å²) < 4.78 is 22.2. The van der Waals surface area contributed by atoms with Crippen LogP contribution in [0, 0.1) is 0 Å². The van der Waals surface area contributed by atoms with Crippen molar-refractivity contribution in [3.8, 4) is 0 Å². The van der Waals surface area contributed by atoms with Crippen LogP contribution in [0.2, 0.25) is 0 Å². The number of ether oxygens (including phenoxy) is 1. The fourth-order valence-electron chi connectivity index (χ4n) is 0.474. The van der Waals surface area contributed by atoms with Crippen LogP contribution in [-0.2, 0) is 15.9 Å². The van der Waals surface area contributed by atoms with Gasteiger partial charge in [-0.05, 0) is 0 Å². The molecule has 0 aliphatic carbocycles. The number of hydrogen-bond acceptors (Lipinski definition) is 3. The standard InChI is InChI=1S/C3H4BN3O2S/c1-9-3-2(5-4)6-10(8)7-3/h1H3,(H,5,6). The molecule has 1 unspecified atom stereocenters. The lowest BCUT2D eigenvalue weighted by Gasteiger charge is -1.98. The van der Waals surface area contributed by atoms with Crippen LogP contribution in [0.1, 0.15) is 0 Å². The van der Waals surface area contributed by atoms with Gasteiger partial charge in [-0.2, -0.15) is 0 Å². The largest absolute Gasteiger partial charge is 0.478 e. The average molecular weight is 157 g/mol. The summed E-state index contributed by atoms with van der Waals surface area (Å²) in [4.78, 5) is 0. The summed E-state index contributed by atoms with van der Waals surface area (Å²) in [5.74, 6) is 0.377. The fourth-order valence-corrected chi connectivity index (χ4v) is 1.10. The van der Waals surface area contributed by atoms with Gasteiger partial charge in [0.05, 0.1) is 7.11 Å². The number of amidine groups is 1. The summed E-state index contributed by atoms with van der Waals surface area (Å²) >= 11 is -1.57. The molecular weight excluding hydrogens is 153 g/mol. The van der Waals surface area contributed by atoms with E-state index in [1.165, 1.54) is 7.11 Å². The Balaban J connectivity index is 2.83. The zero-order valence-electron chi connectivity index (χ0n) is 5.20. The number of nitrogens with one attached hydrogen (secondary N) is 1. The van der Waals surface area contributed by atoms with Crippen molar-refractivity contribution >= 4 is 30.9 Å². The monoisotopic (exact) mass is 157 g/mol. The van der Waals surface area contributed by atoms with E-state index in [1.54, 1.807) is 0 Å². The molecule has 10 heavy (non-hydrogen) atoms. The molecule has 0 aromatic carbocycles. The van der Waals surface area contributed by atoms with Crippen LogP contribution >= 0.6 is 0 Å². The van der Waals surface area contributed by atoms with E-state index < -0.39 is 11.2 Å². The van der Waals surface area contributed by atoms with Gasteiger partial charge in [0.1, 0.15) is 0 Å². The Morgan fingerprint density at radius 1 is 1.70 bits per heavy atom. The van der Waals surface area contributed by atoms with Crippen molar-refractivity contribution in [3.63, 3.8) is 0 Å². The molecule has 0 saturated carbocycles. The Kier molecular flexibility index (Phi) is 2.05. The summed E-state index contributed by atoms with van der Waals surface area (Å²) in [6, 6.07) is 0. The van der Waals surface area contributed by atoms with Gasteiger partial charge >= 0.3 is 0 Å². The Labute approximate surface area is 61.7 Å². The maximum absolute atomic E-state index is 10.5. The summed E-state index contributed by atoms with van der Waals surface area (Å²) in [5, 5.41) is 2.20. The highest BCUT2D eigenvalue weighted by Crippen LogP contribution is 2.00. The highest BCUT2D eigenvalue weighted by atomic mass is 32.2. The van der Waals surface area contributed by atoms with E-state index in [0.29, 0.717) is 0 Å². The first-order chi connectivity index (χ1) is 4.77. The summed E-state index contributed by atoms with van der Waals surface area (Å²) in [6.45, 7) is 0. The van der Waals surface area contributed by atoms with E-state index in [1.807, 2.05) is 0 Å². The Hall–Kier alpha value is -0.845. The molecule has 1 aliphatic heterocycles. The van der Waals surface area contributed by atoms with Crippen LogP contribution in [0.25, 0.3) is 0 Å². The number of rotatable bonds is 0. The molecule has 0 fully saturated rings. The third kappa shape index (κ3) is 1.18. The van der Waals surface area contributed by atoms with Crippen LogP contribution < -0.4 is 5.23 Å². The van der Waals surface area contributed by atoms with Crippen LogP contribution in [0.4, 0.5) is 0 Å². The summed E-state index contributed by atoms with van der Waals surface area (Å²) in [6.07, 6.45) is 0. The maximum Gasteiger partial charge on any atom is 0.271 e. The third-order valence-corrected chi connectivity index (χ3v) is 1.52. The zero-order chi connectivity index (χ0) is 7.56. The van der Waals surface area contributed by atoms with Gasteiger partial charge in [0.25, 0.3) is 17.1 Å². The molecule has 1 N–H and O–H groups in total. The van der Waals surface area contributed by atoms with E-state index in [9.17, 15) is 4.21 Å². The lowest BCUT2D eigenvalue weighted by atomic mass is 10.4. The minimum absolute atomic E-state index is 0.167. The first kappa shape index (κ1) is 7.26. The van der Waals surface area contributed by atoms with Crippen molar-refractivity contribution < 1.29 is 8.95 Å². The quantitative estimate of drug-likeness (QED) is 0.444. The molecule has 0 aromatic rings. The molecule has 1 rings (SSSR count). The highest BCUT2D eigenvalue weighted by molar-refractivity contribution is 7.83. The second-order valence-electron chi connectivity index (χ2n) is 1.42. The normalized spacial score (nSPS) is 23.5. The van der Waals surface area contributed by atoms with Crippen molar-refractivity contribution in [1.29, 1.82) is 0 Å². The van der Waals surface area contributed by atoms with Gasteiger partial charge < -0.3 is 9.96 Å². The number of hydrogen-bond donors (Lipinski definition) is 1. The molecule has 0 bridgehead atoms. The minimum atomic E-state index is -1.57. The predicted molar refractivity (Wildman–Crippen MR) is 38.9 cm³/mol. The molecule has 1 heterocycles. The van der Waals surface area contributed by atoms with E-state index in [0.717, 1.165) is 0 Å². The third-order valence-electron chi connectivity index (χ3n) is 0.863. The van der Waals surface area contributed by atoms with Crippen LogP contribution in [0.5, 0.6) is 0 Å². The smallest absolute Gasteiger partial charge is 0.271 e. The van der Waals surface area contributed by atoms with Crippen LogP contribution in [0.3, 0.4) is 0 Å². The molecule has 52 valence electrons.